The predicted octanol–water partition coefficient (Wildman–Crippen LogP) is 1.49. The zero-order chi connectivity index (χ0) is 13.0. The van der Waals surface area contributed by atoms with E-state index < -0.39 is 0 Å². The topological polar surface area (TPSA) is 54.7 Å². The fourth-order valence-corrected chi connectivity index (χ4v) is 2.37. The Labute approximate surface area is 115 Å². The van der Waals surface area contributed by atoms with E-state index >= 15 is 0 Å². The van der Waals surface area contributed by atoms with Crippen molar-refractivity contribution in [1.29, 1.82) is 0 Å². The molecule has 0 saturated carbocycles. The van der Waals surface area contributed by atoms with Crippen molar-refractivity contribution in [3.8, 4) is 0 Å². The van der Waals surface area contributed by atoms with Crippen molar-refractivity contribution in [2.75, 3.05) is 32.8 Å². The van der Waals surface area contributed by atoms with Crippen LogP contribution in [0.4, 0.5) is 0 Å². The van der Waals surface area contributed by atoms with E-state index in [0.717, 1.165) is 26.2 Å². The van der Waals surface area contributed by atoms with Crippen LogP contribution in [0.5, 0.6) is 0 Å². The molecule has 1 aliphatic rings. The third kappa shape index (κ3) is 3.34. The second-order valence-electron chi connectivity index (χ2n) is 4.20. The molecule has 0 bridgehead atoms. The van der Waals surface area contributed by atoms with Crippen LogP contribution < -0.4 is 5.32 Å². The van der Waals surface area contributed by atoms with Crippen molar-refractivity contribution < 1.29 is 13.9 Å². The summed E-state index contributed by atoms with van der Waals surface area (Å²) in [4.78, 5) is 14.2. The third-order valence-corrected chi connectivity index (χ3v) is 3.64. The molecule has 1 aromatic rings. The highest BCUT2D eigenvalue weighted by Crippen LogP contribution is 2.17. The fraction of sp³-hybridized carbons (Fsp3) is 0.583. The summed E-state index contributed by atoms with van der Waals surface area (Å²) in [5, 5.41) is 2.86. The van der Waals surface area contributed by atoms with Gasteiger partial charge in [0.25, 0.3) is 5.91 Å². The summed E-state index contributed by atoms with van der Waals surface area (Å²) in [6.45, 7) is 6.22. The van der Waals surface area contributed by atoms with Crippen LogP contribution >= 0.6 is 15.9 Å². The number of likely N-dealkylation sites (N-methyl/N-ethyl adjacent to an activating group) is 1. The molecule has 1 N–H and O–H groups in total. The summed E-state index contributed by atoms with van der Waals surface area (Å²) in [5.74, 6) is -0.146. The van der Waals surface area contributed by atoms with Gasteiger partial charge in [0, 0.05) is 19.6 Å². The van der Waals surface area contributed by atoms with Gasteiger partial charge in [-0.2, -0.15) is 0 Å². The van der Waals surface area contributed by atoms with Gasteiger partial charge < -0.3 is 14.5 Å². The number of carbonyl (C=O) groups is 1. The Morgan fingerprint density at radius 1 is 1.67 bits per heavy atom. The number of nitrogens with zero attached hydrogens (tertiary/aromatic N) is 1. The highest BCUT2D eigenvalue weighted by Gasteiger charge is 2.20. The van der Waals surface area contributed by atoms with E-state index in [0.29, 0.717) is 16.8 Å². The largest absolute Gasteiger partial charge is 0.457 e. The van der Waals surface area contributed by atoms with Crippen LogP contribution in [0.2, 0.25) is 0 Å². The first kappa shape index (κ1) is 13.6. The number of amides is 1. The lowest BCUT2D eigenvalue weighted by Crippen LogP contribution is -2.47. The lowest BCUT2D eigenvalue weighted by molar-refractivity contribution is -0.0246. The molecule has 1 amide bonds. The minimum absolute atomic E-state index is 0.0633. The normalized spacial score (nSPS) is 20.9. The van der Waals surface area contributed by atoms with E-state index in [2.05, 4.69) is 33.1 Å². The second-order valence-corrected chi connectivity index (χ2v) is 4.92. The molecule has 1 unspecified atom stereocenters. The Kier molecular flexibility index (Phi) is 4.79. The first-order valence-corrected chi connectivity index (χ1v) is 6.85. The monoisotopic (exact) mass is 316 g/mol. The molecule has 0 spiro atoms. The maximum atomic E-state index is 11.9. The van der Waals surface area contributed by atoms with Gasteiger partial charge in [0.05, 0.1) is 24.5 Å². The number of rotatable bonds is 4. The molecule has 5 nitrogen and oxygen atoms in total. The van der Waals surface area contributed by atoms with Gasteiger partial charge in [0.15, 0.2) is 4.67 Å². The van der Waals surface area contributed by atoms with Gasteiger partial charge in [0.1, 0.15) is 0 Å². The highest BCUT2D eigenvalue weighted by atomic mass is 79.9. The summed E-state index contributed by atoms with van der Waals surface area (Å²) in [6.07, 6.45) is 1.54. The van der Waals surface area contributed by atoms with E-state index in [-0.39, 0.29) is 12.0 Å². The zero-order valence-corrected chi connectivity index (χ0v) is 11.9. The second kappa shape index (κ2) is 6.36. The molecular weight excluding hydrogens is 300 g/mol. The lowest BCUT2D eigenvalue weighted by Gasteiger charge is -2.32. The molecule has 1 aromatic heterocycles. The molecule has 0 radical (unpaired) electrons. The van der Waals surface area contributed by atoms with E-state index in [9.17, 15) is 4.79 Å². The highest BCUT2D eigenvalue weighted by molar-refractivity contribution is 9.10. The number of halogens is 1. The molecule has 1 aliphatic heterocycles. The maximum Gasteiger partial charge on any atom is 0.255 e. The van der Waals surface area contributed by atoms with Gasteiger partial charge in [-0.15, -0.1) is 0 Å². The number of furan rings is 1. The molecule has 0 aromatic carbocycles. The molecule has 1 saturated heterocycles. The van der Waals surface area contributed by atoms with Crippen molar-refractivity contribution in [2.24, 2.45) is 0 Å². The van der Waals surface area contributed by atoms with E-state index in [1.54, 1.807) is 6.07 Å². The number of hydrogen-bond donors (Lipinski definition) is 1. The predicted molar refractivity (Wildman–Crippen MR) is 70.6 cm³/mol. The molecule has 2 heterocycles. The molecule has 2 rings (SSSR count). The lowest BCUT2D eigenvalue weighted by atomic mass is 10.2. The third-order valence-electron chi connectivity index (χ3n) is 3.02. The van der Waals surface area contributed by atoms with Crippen LogP contribution in [0.15, 0.2) is 21.4 Å². The molecule has 0 aliphatic carbocycles. The standard InChI is InChI=1S/C12H17BrN2O3/c1-2-15-4-6-17-9(8-15)7-14-12(16)10-3-5-18-11(10)13/h3,5,9H,2,4,6-8H2,1H3,(H,14,16). The fourth-order valence-electron chi connectivity index (χ4n) is 1.95. The minimum Gasteiger partial charge on any atom is -0.457 e. The Hall–Kier alpha value is -0.850. The van der Waals surface area contributed by atoms with E-state index in [4.69, 9.17) is 9.15 Å². The summed E-state index contributed by atoms with van der Waals surface area (Å²) in [6, 6.07) is 1.64. The van der Waals surface area contributed by atoms with Crippen LogP contribution in [-0.4, -0.2) is 49.7 Å². The van der Waals surface area contributed by atoms with Crippen molar-refractivity contribution in [2.45, 2.75) is 13.0 Å². The van der Waals surface area contributed by atoms with Gasteiger partial charge in [-0.05, 0) is 28.5 Å². The Morgan fingerprint density at radius 3 is 3.17 bits per heavy atom. The smallest absolute Gasteiger partial charge is 0.255 e. The van der Waals surface area contributed by atoms with Crippen LogP contribution in [0.25, 0.3) is 0 Å². The number of morpholine rings is 1. The van der Waals surface area contributed by atoms with Crippen molar-refractivity contribution >= 4 is 21.8 Å². The number of carbonyl (C=O) groups excluding carboxylic acids is 1. The minimum atomic E-state index is -0.146. The van der Waals surface area contributed by atoms with Crippen molar-refractivity contribution in [3.63, 3.8) is 0 Å². The average molecular weight is 317 g/mol. The SMILES string of the molecule is CCN1CCOC(CNC(=O)c2ccoc2Br)C1. The quantitative estimate of drug-likeness (QED) is 0.914. The average Bonchev–Trinajstić information content (AvgIpc) is 2.82. The van der Waals surface area contributed by atoms with Gasteiger partial charge in [-0.1, -0.05) is 6.92 Å². The van der Waals surface area contributed by atoms with Crippen LogP contribution in [0.3, 0.4) is 0 Å². The zero-order valence-electron chi connectivity index (χ0n) is 10.3. The van der Waals surface area contributed by atoms with E-state index in [1.165, 1.54) is 6.26 Å². The Bertz CT molecular complexity index is 408. The molecular formula is C12H17BrN2O3. The number of hydrogen-bond acceptors (Lipinski definition) is 4. The van der Waals surface area contributed by atoms with Crippen molar-refractivity contribution in [3.05, 3.63) is 22.6 Å². The number of nitrogens with one attached hydrogen (secondary N) is 1. The first-order chi connectivity index (χ1) is 8.70. The maximum absolute atomic E-state index is 11.9. The van der Waals surface area contributed by atoms with Gasteiger partial charge in [-0.3, -0.25) is 9.69 Å². The molecule has 1 fully saturated rings. The summed E-state index contributed by atoms with van der Waals surface area (Å²) in [7, 11) is 0. The van der Waals surface area contributed by atoms with E-state index in [1.807, 2.05) is 0 Å². The first-order valence-electron chi connectivity index (χ1n) is 6.06. The van der Waals surface area contributed by atoms with Crippen LogP contribution in [-0.2, 0) is 4.74 Å². The summed E-state index contributed by atoms with van der Waals surface area (Å²) < 4.78 is 11.1. The van der Waals surface area contributed by atoms with Crippen LogP contribution in [0, 0.1) is 0 Å². The number of ether oxygens (including phenoxy) is 1. The summed E-state index contributed by atoms with van der Waals surface area (Å²) in [5.41, 5.74) is 0.512. The van der Waals surface area contributed by atoms with Gasteiger partial charge >= 0.3 is 0 Å². The Morgan fingerprint density at radius 2 is 2.50 bits per heavy atom. The molecule has 6 heteroatoms. The Balaban J connectivity index is 1.81. The van der Waals surface area contributed by atoms with Crippen LogP contribution in [0.1, 0.15) is 17.3 Å². The molecule has 18 heavy (non-hydrogen) atoms. The van der Waals surface area contributed by atoms with Crippen molar-refractivity contribution in [1.82, 2.24) is 10.2 Å². The van der Waals surface area contributed by atoms with Gasteiger partial charge in [0.2, 0.25) is 0 Å². The molecule has 100 valence electrons. The molecule has 1 atom stereocenters. The summed E-state index contributed by atoms with van der Waals surface area (Å²) >= 11 is 3.19. The van der Waals surface area contributed by atoms with Gasteiger partial charge in [-0.25, -0.2) is 0 Å².